The van der Waals surface area contributed by atoms with Crippen LogP contribution in [-0.2, 0) is 34.3 Å². The Morgan fingerprint density at radius 2 is 2.22 bits per heavy atom. The van der Waals surface area contributed by atoms with Gasteiger partial charge in [-0.25, -0.2) is 12.7 Å². The van der Waals surface area contributed by atoms with E-state index in [-0.39, 0.29) is 17.3 Å². The summed E-state index contributed by atoms with van der Waals surface area (Å²) in [5.41, 5.74) is 1.20. The number of thiophene rings is 1. The summed E-state index contributed by atoms with van der Waals surface area (Å²) in [6.45, 7) is 1.35. The normalized spacial score (nSPS) is 15.0. The van der Waals surface area contributed by atoms with Gasteiger partial charge in [-0.05, 0) is 23.4 Å². The molecule has 3 heterocycles. The molecule has 0 spiro atoms. The van der Waals surface area contributed by atoms with E-state index in [1.165, 1.54) is 41.6 Å². The third-order valence-corrected chi connectivity index (χ3v) is 6.64. The number of nitrogens with zero attached hydrogens (tertiary/aromatic N) is 4. The van der Waals surface area contributed by atoms with Crippen LogP contribution in [0.25, 0.3) is 0 Å². The third-order valence-electron chi connectivity index (χ3n) is 3.85. The third kappa shape index (κ3) is 3.17. The van der Waals surface area contributed by atoms with Crippen molar-refractivity contribution in [2.24, 2.45) is 0 Å². The maximum atomic E-state index is 12.4. The molecule has 2 aromatic rings. The van der Waals surface area contributed by atoms with E-state index in [4.69, 9.17) is 0 Å². The number of sulfonamides is 1. The molecule has 0 aromatic carbocycles. The van der Waals surface area contributed by atoms with Gasteiger partial charge in [0.15, 0.2) is 0 Å². The Kier molecular flexibility index (Phi) is 4.26. The van der Waals surface area contributed by atoms with Crippen molar-refractivity contribution in [3.63, 3.8) is 0 Å². The summed E-state index contributed by atoms with van der Waals surface area (Å²) >= 11 is 1.72. The highest BCUT2D eigenvalue weighted by Gasteiger charge is 2.23. The minimum absolute atomic E-state index is 0.0441. The molecule has 2 aromatic heterocycles. The molecule has 124 valence electrons. The molecule has 0 bridgehead atoms. The molecule has 0 unspecified atom stereocenters. The van der Waals surface area contributed by atoms with Crippen molar-refractivity contribution in [1.29, 1.82) is 0 Å². The standard InChI is InChI=1S/C14H18N4O3S2/c1-16(2)23(20,21)12-7-15-18(9-12)10-14(19)17-5-3-13-11(8-17)4-6-22-13/h4,6-7,9H,3,5,8,10H2,1-2H3. The van der Waals surface area contributed by atoms with Gasteiger partial charge in [0.05, 0.1) is 6.20 Å². The van der Waals surface area contributed by atoms with Crippen LogP contribution in [0.4, 0.5) is 0 Å². The first kappa shape index (κ1) is 16.2. The quantitative estimate of drug-likeness (QED) is 0.813. The number of amides is 1. The lowest BCUT2D eigenvalue weighted by Gasteiger charge is -2.27. The van der Waals surface area contributed by atoms with Crippen molar-refractivity contribution < 1.29 is 13.2 Å². The van der Waals surface area contributed by atoms with Crippen LogP contribution in [0, 0.1) is 0 Å². The summed E-state index contributed by atoms with van der Waals surface area (Å²) in [6, 6.07) is 2.05. The maximum absolute atomic E-state index is 12.4. The summed E-state index contributed by atoms with van der Waals surface area (Å²) in [5, 5.41) is 6.05. The van der Waals surface area contributed by atoms with Crippen molar-refractivity contribution in [2.75, 3.05) is 20.6 Å². The first-order chi connectivity index (χ1) is 10.9. The number of hydrogen-bond donors (Lipinski definition) is 0. The number of carbonyl (C=O) groups is 1. The fourth-order valence-corrected chi connectivity index (χ4v) is 4.22. The molecule has 1 aliphatic rings. The predicted octanol–water partition coefficient (Wildman–Crippen LogP) is 0.780. The second-order valence-corrected chi connectivity index (χ2v) is 8.75. The number of aromatic nitrogens is 2. The van der Waals surface area contributed by atoms with Gasteiger partial charge >= 0.3 is 0 Å². The van der Waals surface area contributed by atoms with Crippen molar-refractivity contribution in [1.82, 2.24) is 19.0 Å². The van der Waals surface area contributed by atoms with Crippen LogP contribution in [0.3, 0.4) is 0 Å². The molecule has 0 N–H and O–H groups in total. The Labute approximate surface area is 139 Å². The zero-order valence-corrected chi connectivity index (χ0v) is 14.6. The molecule has 9 heteroatoms. The molecule has 7 nitrogen and oxygen atoms in total. The molecule has 0 saturated heterocycles. The van der Waals surface area contributed by atoms with Crippen LogP contribution >= 0.6 is 11.3 Å². The topological polar surface area (TPSA) is 75.5 Å². The minimum Gasteiger partial charge on any atom is -0.336 e. The van der Waals surface area contributed by atoms with E-state index in [0.717, 1.165) is 10.7 Å². The SMILES string of the molecule is CN(C)S(=O)(=O)c1cnn(CC(=O)N2CCc3sccc3C2)c1. The summed E-state index contributed by atoms with van der Waals surface area (Å²) in [6.07, 6.45) is 3.54. The number of hydrogen-bond acceptors (Lipinski definition) is 5. The van der Waals surface area contributed by atoms with Gasteiger partial charge in [0.25, 0.3) is 0 Å². The van der Waals surface area contributed by atoms with E-state index < -0.39 is 10.0 Å². The molecule has 0 saturated carbocycles. The van der Waals surface area contributed by atoms with Crippen molar-refractivity contribution in [2.45, 2.75) is 24.4 Å². The van der Waals surface area contributed by atoms with Crippen LogP contribution in [0.2, 0.25) is 0 Å². The Hall–Kier alpha value is -1.71. The summed E-state index contributed by atoms with van der Waals surface area (Å²) in [5.74, 6) is -0.0567. The summed E-state index contributed by atoms with van der Waals surface area (Å²) < 4.78 is 26.5. The number of rotatable bonds is 4. The van der Waals surface area contributed by atoms with Crippen LogP contribution in [0.15, 0.2) is 28.7 Å². The van der Waals surface area contributed by atoms with E-state index >= 15 is 0 Å². The summed E-state index contributed by atoms with van der Waals surface area (Å²) in [7, 11) is -0.598. The lowest BCUT2D eigenvalue weighted by molar-refractivity contribution is -0.132. The van der Waals surface area contributed by atoms with Gasteiger partial charge in [-0.2, -0.15) is 5.10 Å². The van der Waals surface area contributed by atoms with E-state index in [0.29, 0.717) is 13.1 Å². The highest BCUT2D eigenvalue weighted by atomic mass is 32.2. The molecule has 1 amide bonds. The average Bonchev–Trinajstić information content (AvgIpc) is 3.14. The summed E-state index contributed by atoms with van der Waals surface area (Å²) in [4.78, 5) is 15.6. The van der Waals surface area contributed by atoms with Crippen molar-refractivity contribution in [3.05, 3.63) is 34.3 Å². The zero-order valence-electron chi connectivity index (χ0n) is 13.0. The second kappa shape index (κ2) is 6.06. The van der Waals surface area contributed by atoms with Gasteiger partial charge in [0.1, 0.15) is 11.4 Å². The fourth-order valence-electron chi connectivity index (χ4n) is 2.48. The predicted molar refractivity (Wildman–Crippen MR) is 86.5 cm³/mol. The molecular weight excluding hydrogens is 336 g/mol. The Bertz CT molecular complexity index is 823. The van der Waals surface area contributed by atoms with Crippen LogP contribution in [0.5, 0.6) is 0 Å². The van der Waals surface area contributed by atoms with Crippen molar-refractivity contribution >= 4 is 27.3 Å². The largest absolute Gasteiger partial charge is 0.336 e. The van der Waals surface area contributed by atoms with E-state index in [1.54, 1.807) is 16.2 Å². The lowest BCUT2D eigenvalue weighted by atomic mass is 10.1. The van der Waals surface area contributed by atoms with Gasteiger partial charge in [0, 0.05) is 38.3 Å². The maximum Gasteiger partial charge on any atom is 0.245 e. The monoisotopic (exact) mass is 354 g/mol. The van der Waals surface area contributed by atoms with Crippen LogP contribution < -0.4 is 0 Å². The Morgan fingerprint density at radius 3 is 2.96 bits per heavy atom. The first-order valence-corrected chi connectivity index (χ1v) is 9.48. The second-order valence-electron chi connectivity index (χ2n) is 5.60. The molecule has 23 heavy (non-hydrogen) atoms. The smallest absolute Gasteiger partial charge is 0.245 e. The Balaban J connectivity index is 1.69. The van der Waals surface area contributed by atoms with Crippen LogP contribution in [-0.4, -0.2) is 54.0 Å². The molecule has 0 atom stereocenters. The molecule has 0 fully saturated rings. The number of carbonyl (C=O) groups excluding carboxylic acids is 1. The van der Waals surface area contributed by atoms with Gasteiger partial charge in [-0.1, -0.05) is 0 Å². The van der Waals surface area contributed by atoms with E-state index in [9.17, 15) is 13.2 Å². The molecule has 1 aliphatic heterocycles. The Morgan fingerprint density at radius 1 is 1.43 bits per heavy atom. The van der Waals surface area contributed by atoms with Crippen molar-refractivity contribution in [3.8, 4) is 0 Å². The highest BCUT2D eigenvalue weighted by Crippen LogP contribution is 2.24. The van der Waals surface area contributed by atoms with E-state index in [2.05, 4.69) is 11.2 Å². The average molecular weight is 354 g/mol. The molecular formula is C14H18N4O3S2. The van der Waals surface area contributed by atoms with Gasteiger partial charge in [-0.15, -0.1) is 11.3 Å². The fraction of sp³-hybridized carbons (Fsp3) is 0.429. The highest BCUT2D eigenvalue weighted by molar-refractivity contribution is 7.89. The van der Waals surface area contributed by atoms with Gasteiger partial charge in [-0.3, -0.25) is 9.48 Å². The zero-order chi connectivity index (χ0) is 16.6. The lowest BCUT2D eigenvalue weighted by Crippen LogP contribution is -2.37. The molecule has 0 radical (unpaired) electrons. The van der Waals surface area contributed by atoms with Gasteiger partial charge in [0.2, 0.25) is 15.9 Å². The number of fused-ring (bicyclic) bond motifs is 1. The van der Waals surface area contributed by atoms with Gasteiger partial charge < -0.3 is 4.90 Å². The first-order valence-electron chi connectivity index (χ1n) is 7.16. The van der Waals surface area contributed by atoms with Crippen LogP contribution in [0.1, 0.15) is 10.4 Å². The van der Waals surface area contributed by atoms with E-state index in [1.807, 2.05) is 5.38 Å². The molecule has 3 rings (SSSR count). The minimum atomic E-state index is -3.52. The molecule has 0 aliphatic carbocycles.